The summed E-state index contributed by atoms with van der Waals surface area (Å²) in [7, 11) is 0. The molecular formula is C22H28O4. The summed E-state index contributed by atoms with van der Waals surface area (Å²) < 4.78 is 5.68. The van der Waals surface area contributed by atoms with E-state index in [1.807, 2.05) is 12.1 Å². The van der Waals surface area contributed by atoms with E-state index in [4.69, 9.17) is 9.84 Å². The average Bonchev–Trinajstić information content (AvgIpc) is 2.53. The predicted molar refractivity (Wildman–Crippen MR) is 101 cm³/mol. The Hall–Kier alpha value is -2.07. The standard InChI is InChI=1S/C14H20O3.C8H8O/c1-9(2)12(15)17-14-6-10-3-11(7-14)5-13(16,4-10)8-14;1-2-7-5-3-4-6-8(7)9/h10-11,16H,1,3-8H2,2H3;2-6,9H,1H2. The first-order valence-electron chi connectivity index (χ1n) is 9.26. The number of hydrogen-bond donors (Lipinski definition) is 2. The molecular weight excluding hydrogens is 328 g/mol. The van der Waals surface area contributed by atoms with Gasteiger partial charge >= 0.3 is 5.97 Å². The third-order valence-electron chi connectivity index (χ3n) is 5.79. The molecule has 4 saturated carbocycles. The summed E-state index contributed by atoms with van der Waals surface area (Å²) in [5, 5.41) is 19.5. The van der Waals surface area contributed by atoms with Crippen LogP contribution < -0.4 is 0 Å². The summed E-state index contributed by atoms with van der Waals surface area (Å²) in [4.78, 5) is 11.7. The topological polar surface area (TPSA) is 66.8 Å². The fourth-order valence-electron chi connectivity index (χ4n) is 5.19. The summed E-state index contributed by atoms with van der Waals surface area (Å²) in [6, 6.07) is 7.08. The van der Waals surface area contributed by atoms with Crippen LogP contribution in [0.15, 0.2) is 43.0 Å². The number of hydrogen-bond acceptors (Lipinski definition) is 4. The lowest BCUT2D eigenvalue weighted by Crippen LogP contribution is -2.60. The number of esters is 1. The second-order valence-electron chi connectivity index (χ2n) is 8.30. The first-order chi connectivity index (χ1) is 12.2. The molecule has 0 amide bonds. The van der Waals surface area contributed by atoms with E-state index in [2.05, 4.69) is 13.2 Å². The third-order valence-corrected chi connectivity index (χ3v) is 5.79. The first kappa shape index (κ1) is 18.7. The predicted octanol–water partition coefficient (Wildman–Crippen LogP) is 4.22. The Bertz CT molecular complexity index is 707. The van der Waals surface area contributed by atoms with E-state index >= 15 is 0 Å². The van der Waals surface area contributed by atoms with Crippen molar-refractivity contribution in [3.63, 3.8) is 0 Å². The third kappa shape index (κ3) is 3.85. The first-order valence-corrected chi connectivity index (χ1v) is 9.26. The molecule has 2 atom stereocenters. The number of carbonyl (C=O) groups excluding carboxylic acids is 1. The Morgan fingerprint density at radius 2 is 1.85 bits per heavy atom. The van der Waals surface area contributed by atoms with Crippen LogP contribution in [0.5, 0.6) is 5.75 Å². The minimum Gasteiger partial charge on any atom is -0.507 e. The molecule has 4 bridgehead atoms. The van der Waals surface area contributed by atoms with Crippen molar-refractivity contribution in [1.29, 1.82) is 0 Å². The zero-order valence-electron chi connectivity index (χ0n) is 15.4. The van der Waals surface area contributed by atoms with Crippen molar-refractivity contribution >= 4 is 12.0 Å². The number of ether oxygens (including phenoxy) is 1. The number of phenols is 1. The molecule has 4 heteroatoms. The van der Waals surface area contributed by atoms with Gasteiger partial charge in [-0.3, -0.25) is 0 Å². The van der Waals surface area contributed by atoms with Crippen molar-refractivity contribution in [1.82, 2.24) is 0 Å². The molecule has 0 aliphatic heterocycles. The van der Waals surface area contributed by atoms with Crippen molar-refractivity contribution in [2.75, 3.05) is 0 Å². The monoisotopic (exact) mass is 356 g/mol. The van der Waals surface area contributed by atoms with Crippen molar-refractivity contribution in [3.8, 4) is 5.75 Å². The van der Waals surface area contributed by atoms with Crippen LogP contribution in [0, 0.1) is 11.8 Å². The number of phenolic OH excluding ortho intramolecular Hbond substituents is 1. The minimum absolute atomic E-state index is 0.285. The molecule has 4 nitrogen and oxygen atoms in total. The van der Waals surface area contributed by atoms with Gasteiger partial charge in [0.2, 0.25) is 0 Å². The molecule has 1 aromatic rings. The number of aliphatic hydroxyl groups is 1. The molecule has 2 unspecified atom stereocenters. The minimum atomic E-state index is -0.570. The lowest BCUT2D eigenvalue weighted by molar-refractivity contribution is -0.217. The fraction of sp³-hybridized carbons (Fsp3) is 0.500. The number of aromatic hydroxyl groups is 1. The van der Waals surface area contributed by atoms with Gasteiger partial charge in [0.05, 0.1) is 5.60 Å². The summed E-state index contributed by atoms with van der Waals surface area (Å²) in [5.74, 6) is 1.07. The number of rotatable bonds is 3. The van der Waals surface area contributed by atoms with Crippen LogP contribution in [0.25, 0.3) is 6.08 Å². The molecule has 0 spiro atoms. The van der Waals surface area contributed by atoms with Crippen LogP contribution in [0.1, 0.15) is 51.0 Å². The van der Waals surface area contributed by atoms with Crippen molar-refractivity contribution in [2.24, 2.45) is 11.8 Å². The molecule has 4 aliphatic carbocycles. The maximum atomic E-state index is 11.7. The molecule has 0 aromatic heterocycles. The lowest BCUT2D eigenvalue weighted by Gasteiger charge is -2.59. The van der Waals surface area contributed by atoms with Crippen LogP contribution in [0.2, 0.25) is 0 Å². The van der Waals surface area contributed by atoms with E-state index in [0.29, 0.717) is 23.8 Å². The number of carbonyl (C=O) groups is 1. The molecule has 0 heterocycles. The lowest BCUT2D eigenvalue weighted by atomic mass is 9.52. The van der Waals surface area contributed by atoms with E-state index in [0.717, 1.165) is 31.2 Å². The van der Waals surface area contributed by atoms with Crippen LogP contribution >= 0.6 is 0 Å². The van der Waals surface area contributed by atoms with Gasteiger partial charge in [0, 0.05) is 17.6 Å². The SMILES string of the molecule is C=C(C)C(=O)OC12CC3CC(CC(O)(C3)C1)C2.C=Cc1ccccc1O. The molecule has 0 saturated heterocycles. The molecule has 26 heavy (non-hydrogen) atoms. The number of benzene rings is 1. The van der Waals surface area contributed by atoms with Crippen molar-refractivity contribution in [3.05, 3.63) is 48.6 Å². The normalized spacial score (nSPS) is 33.8. The summed E-state index contributed by atoms with van der Waals surface area (Å²) in [6.45, 7) is 8.84. The second kappa shape index (κ2) is 6.92. The largest absolute Gasteiger partial charge is 0.507 e. The summed E-state index contributed by atoms with van der Waals surface area (Å²) in [5.41, 5.74) is 0.263. The Morgan fingerprint density at radius 3 is 2.31 bits per heavy atom. The van der Waals surface area contributed by atoms with Crippen molar-refractivity contribution < 1.29 is 19.7 Å². The molecule has 1 aromatic carbocycles. The zero-order chi connectivity index (χ0) is 18.9. The van der Waals surface area contributed by atoms with Crippen molar-refractivity contribution in [2.45, 2.75) is 56.7 Å². The molecule has 140 valence electrons. The molecule has 4 aliphatic rings. The Labute approximate surface area is 155 Å². The Kier molecular flexibility index (Phi) is 4.98. The van der Waals surface area contributed by atoms with Gasteiger partial charge < -0.3 is 14.9 Å². The van der Waals surface area contributed by atoms with Gasteiger partial charge in [-0.2, -0.15) is 0 Å². The quantitative estimate of drug-likeness (QED) is 0.628. The van der Waals surface area contributed by atoms with Gasteiger partial charge in [0.15, 0.2) is 0 Å². The maximum absolute atomic E-state index is 11.7. The van der Waals surface area contributed by atoms with Gasteiger partial charge in [-0.25, -0.2) is 4.79 Å². The molecule has 0 radical (unpaired) electrons. The van der Waals surface area contributed by atoms with Crippen LogP contribution in [-0.4, -0.2) is 27.4 Å². The zero-order valence-corrected chi connectivity index (χ0v) is 15.4. The Morgan fingerprint density at radius 1 is 1.23 bits per heavy atom. The second-order valence-corrected chi connectivity index (χ2v) is 8.30. The highest BCUT2D eigenvalue weighted by atomic mass is 16.6. The fourth-order valence-corrected chi connectivity index (χ4v) is 5.19. The van der Waals surface area contributed by atoms with Gasteiger partial charge in [-0.05, 0) is 56.9 Å². The smallest absolute Gasteiger partial charge is 0.333 e. The van der Waals surface area contributed by atoms with Gasteiger partial charge in [-0.15, -0.1) is 0 Å². The van der Waals surface area contributed by atoms with Crippen LogP contribution in [0.4, 0.5) is 0 Å². The van der Waals surface area contributed by atoms with E-state index < -0.39 is 11.2 Å². The molecule has 4 fully saturated rings. The van der Waals surface area contributed by atoms with E-state index in [1.165, 1.54) is 6.42 Å². The van der Waals surface area contributed by atoms with E-state index in [1.54, 1.807) is 25.1 Å². The summed E-state index contributed by atoms with van der Waals surface area (Å²) >= 11 is 0. The van der Waals surface area contributed by atoms with Crippen LogP contribution in [-0.2, 0) is 9.53 Å². The van der Waals surface area contributed by atoms with E-state index in [-0.39, 0.29) is 11.7 Å². The van der Waals surface area contributed by atoms with E-state index in [9.17, 15) is 9.90 Å². The maximum Gasteiger partial charge on any atom is 0.333 e. The summed E-state index contributed by atoms with van der Waals surface area (Å²) in [6.07, 6.45) is 7.12. The van der Waals surface area contributed by atoms with Gasteiger partial charge in [-0.1, -0.05) is 37.4 Å². The molecule has 5 rings (SSSR count). The van der Waals surface area contributed by atoms with Crippen LogP contribution in [0.3, 0.4) is 0 Å². The number of para-hydroxylation sites is 1. The highest BCUT2D eigenvalue weighted by Crippen LogP contribution is 2.58. The molecule has 2 N–H and O–H groups in total. The highest BCUT2D eigenvalue weighted by molar-refractivity contribution is 5.87. The average molecular weight is 356 g/mol. The Balaban J connectivity index is 0.000000185. The highest BCUT2D eigenvalue weighted by Gasteiger charge is 2.59. The van der Waals surface area contributed by atoms with Gasteiger partial charge in [0.1, 0.15) is 11.4 Å². The van der Waals surface area contributed by atoms with Gasteiger partial charge in [0.25, 0.3) is 0 Å².